The van der Waals surface area contributed by atoms with E-state index < -0.39 is 29.1 Å². The Kier molecular flexibility index (Phi) is 8.94. The van der Waals surface area contributed by atoms with Gasteiger partial charge in [-0.2, -0.15) is 0 Å². The summed E-state index contributed by atoms with van der Waals surface area (Å²) in [6.45, 7) is 5.78. The lowest BCUT2D eigenvalue weighted by Crippen LogP contribution is -2.47. The van der Waals surface area contributed by atoms with Gasteiger partial charge in [-0.05, 0) is 72.4 Å². The molecular weight excluding hydrogens is 538 g/mol. The zero-order valence-corrected chi connectivity index (χ0v) is 24.7. The van der Waals surface area contributed by atoms with E-state index in [4.69, 9.17) is 18.9 Å². The minimum atomic E-state index is -1.26. The van der Waals surface area contributed by atoms with Crippen LogP contribution in [0.25, 0.3) is 5.57 Å². The molecule has 9 nitrogen and oxygen atoms in total. The lowest BCUT2D eigenvalue weighted by Gasteiger charge is -2.46. The fraction of sp³-hybridized carbons (Fsp3) is 0.333. The van der Waals surface area contributed by atoms with Crippen LogP contribution in [0.2, 0.25) is 0 Å². The van der Waals surface area contributed by atoms with E-state index in [-0.39, 0.29) is 23.4 Å². The number of nitrogens with one attached hydrogen (secondary N) is 1. The van der Waals surface area contributed by atoms with Crippen LogP contribution < -0.4 is 19.5 Å². The highest BCUT2D eigenvalue weighted by Gasteiger charge is 2.47. The molecule has 0 amide bonds. The number of ether oxygens (including phenoxy) is 4. The lowest BCUT2D eigenvalue weighted by molar-refractivity contribution is -0.0112. The van der Waals surface area contributed by atoms with Gasteiger partial charge < -0.3 is 34.5 Å². The average Bonchev–Trinajstić information content (AvgIpc) is 2.97. The molecule has 3 aromatic rings. The Morgan fingerprint density at radius 2 is 1.55 bits per heavy atom. The smallest absolute Gasteiger partial charge is 0.343 e. The first kappa shape index (κ1) is 30.6. The Hall–Kier alpha value is -4.34. The maximum Gasteiger partial charge on any atom is 0.343 e. The Balaban J connectivity index is 1.72. The molecule has 1 aliphatic carbocycles. The Morgan fingerprint density at radius 1 is 0.881 bits per heavy atom. The zero-order chi connectivity index (χ0) is 30.7. The number of aliphatic hydroxyl groups is 2. The molecule has 0 saturated carbocycles. The standard InChI is InChI=1S/C33H37NO8/c1-32(2)19-33(3,38)24(18-34-25-12-7-8-13-26(25)39-4)28(29(32)35)23-15-14-22(17-27(23)40-5)42-31(37)21-11-9-10-20(16-21)30(36)41-6/h7-17,29,34-35,38H,18-19H2,1-6H3. The topological polar surface area (TPSA) is 124 Å². The summed E-state index contributed by atoms with van der Waals surface area (Å²) in [5, 5.41) is 26.7. The van der Waals surface area contributed by atoms with Crippen LogP contribution in [0.5, 0.6) is 17.2 Å². The second-order valence-electron chi connectivity index (χ2n) is 11.1. The van der Waals surface area contributed by atoms with Gasteiger partial charge in [0.05, 0.1) is 49.8 Å². The molecule has 4 rings (SSSR count). The predicted molar refractivity (Wildman–Crippen MR) is 159 cm³/mol. The van der Waals surface area contributed by atoms with Gasteiger partial charge in [0.1, 0.15) is 17.2 Å². The largest absolute Gasteiger partial charge is 0.496 e. The van der Waals surface area contributed by atoms with E-state index in [0.717, 1.165) is 5.69 Å². The summed E-state index contributed by atoms with van der Waals surface area (Å²) in [6.07, 6.45) is -0.605. The van der Waals surface area contributed by atoms with Gasteiger partial charge in [0.25, 0.3) is 0 Å². The summed E-state index contributed by atoms with van der Waals surface area (Å²) >= 11 is 0. The summed E-state index contributed by atoms with van der Waals surface area (Å²) in [6, 6.07) is 18.4. The van der Waals surface area contributed by atoms with Crippen molar-refractivity contribution in [1.29, 1.82) is 0 Å². The third-order valence-corrected chi connectivity index (χ3v) is 7.54. The Morgan fingerprint density at radius 3 is 2.21 bits per heavy atom. The molecule has 0 aliphatic heterocycles. The monoisotopic (exact) mass is 575 g/mol. The van der Waals surface area contributed by atoms with Crippen molar-refractivity contribution >= 4 is 23.2 Å². The first-order chi connectivity index (χ1) is 19.9. The number of rotatable bonds is 9. The van der Waals surface area contributed by atoms with Crippen LogP contribution >= 0.6 is 0 Å². The van der Waals surface area contributed by atoms with Gasteiger partial charge in [0.2, 0.25) is 0 Å². The summed E-state index contributed by atoms with van der Waals surface area (Å²) in [7, 11) is 4.33. The van der Waals surface area contributed by atoms with E-state index in [0.29, 0.717) is 34.6 Å². The van der Waals surface area contributed by atoms with Crippen molar-refractivity contribution in [2.75, 3.05) is 33.2 Å². The second-order valence-corrected chi connectivity index (χ2v) is 11.1. The number of benzene rings is 3. The van der Waals surface area contributed by atoms with E-state index in [2.05, 4.69) is 5.32 Å². The van der Waals surface area contributed by atoms with Crippen molar-refractivity contribution < 1.29 is 38.7 Å². The third kappa shape index (κ3) is 6.27. The first-order valence-electron chi connectivity index (χ1n) is 13.5. The summed E-state index contributed by atoms with van der Waals surface area (Å²) in [5.74, 6) is -0.0319. The van der Waals surface area contributed by atoms with Crippen LogP contribution in [0.4, 0.5) is 5.69 Å². The molecule has 0 fully saturated rings. The highest BCUT2D eigenvalue weighted by Crippen LogP contribution is 2.50. The van der Waals surface area contributed by atoms with E-state index in [1.807, 2.05) is 38.1 Å². The van der Waals surface area contributed by atoms with E-state index >= 15 is 0 Å². The molecule has 2 unspecified atom stereocenters. The number of methoxy groups -OCH3 is 3. The van der Waals surface area contributed by atoms with Gasteiger partial charge in [-0.25, -0.2) is 9.59 Å². The van der Waals surface area contributed by atoms with Crippen LogP contribution in [0, 0.1) is 5.41 Å². The molecule has 0 saturated heterocycles. The average molecular weight is 576 g/mol. The maximum atomic E-state index is 12.9. The number of anilines is 1. The number of carbonyl (C=O) groups is 2. The van der Waals surface area contributed by atoms with Crippen molar-refractivity contribution in [3.63, 3.8) is 0 Å². The molecule has 2 atom stereocenters. The van der Waals surface area contributed by atoms with Crippen LogP contribution in [-0.2, 0) is 4.74 Å². The van der Waals surface area contributed by atoms with Crippen molar-refractivity contribution in [3.8, 4) is 17.2 Å². The molecule has 3 aromatic carbocycles. The number of hydrogen-bond acceptors (Lipinski definition) is 9. The normalized spacial score (nSPS) is 19.6. The number of carbonyl (C=O) groups excluding carboxylic acids is 2. The van der Waals surface area contributed by atoms with Crippen molar-refractivity contribution in [1.82, 2.24) is 0 Å². The van der Waals surface area contributed by atoms with Crippen molar-refractivity contribution in [2.45, 2.75) is 38.9 Å². The SMILES string of the molecule is COC(=O)c1cccc(C(=O)Oc2ccc(C3=C(CNc4ccccc4OC)C(C)(O)CC(C)(C)C3O)c(OC)c2)c1. The van der Waals surface area contributed by atoms with Gasteiger partial charge >= 0.3 is 11.9 Å². The van der Waals surface area contributed by atoms with E-state index in [9.17, 15) is 19.8 Å². The van der Waals surface area contributed by atoms with Crippen LogP contribution in [0.3, 0.4) is 0 Å². The highest BCUT2D eigenvalue weighted by molar-refractivity contribution is 5.96. The zero-order valence-electron chi connectivity index (χ0n) is 24.7. The molecule has 3 N–H and O–H groups in total. The molecule has 9 heteroatoms. The molecule has 222 valence electrons. The molecule has 1 aliphatic rings. The highest BCUT2D eigenvalue weighted by atomic mass is 16.5. The number of aliphatic hydroxyl groups excluding tert-OH is 1. The number of para-hydroxylation sites is 2. The fourth-order valence-electron chi connectivity index (χ4n) is 5.52. The third-order valence-electron chi connectivity index (χ3n) is 7.54. The maximum absolute atomic E-state index is 12.9. The summed E-state index contributed by atoms with van der Waals surface area (Å²) in [5.41, 5.74) is 0.911. The summed E-state index contributed by atoms with van der Waals surface area (Å²) < 4.78 is 21.5. The lowest BCUT2D eigenvalue weighted by atomic mass is 9.64. The van der Waals surface area contributed by atoms with Gasteiger partial charge in [-0.15, -0.1) is 0 Å². The van der Waals surface area contributed by atoms with Gasteiger partial charge in [0, 0.05) is 18.2 Å². The van der Waals surface area contributed by atoms with E-state index in [1.165, 1.54) is 26.4 Å². The minimum absolute atomic E-state index is 0.175. The van der Waals surface area contributed by atoms with Gasteiger partial charge in [-0.1, -0.05) is 32.0 Å². The molecule has 0 bridgehead atoms. The summed E-state index contributed by atoms with van der Waals surface area (Å²) in [4.78, 5) is 24.8. The molecule has 0 spiro atoms. The van der Waals surface area contributed by atoms with Crippen LogP contribution in [-0.4, -0.2) is 61.7 Å². The van der Waals surface area contributed by atoms with Crippen molar-refractivity contribution in [3.05, 3.63) is 89.0 Å². The molecule has 0 aromatic heterocycles. The fourth-order valence-corrected chi connectivity index (χ4v) is 5.52. The quantitative estimate of drug-likeness (QED) is 0.236. The molecule has 42 heavy (non-hydrogen) atoms. The van der Waals surface area contributed by atoms with Crippen LogP contribution in [0.15, 0.2) is 72.3 Å². The second kappa shape index (κ2) is 12.3. The Bertz CT molecular complexity index is 1510. The van der Waals surface area contributed by atoms with Gasteiger partial charge in [0.15, 0.2) is 0 Å². The van der Waals surface area contributed by atoms with Gasteiger partial charge in [-0.3, -0.25) is 0 Å². The first-order valence-corrected chi connectivity index (χ1v) is 13.5. The van der Waals surface area contributed by atoms with E-state index in [1.54, 1.807) is 44.4 Å². The number of hydrogen-bond donors (Lipinski definition) is 3. The minimum Gasteiger partial charge on any atom is -0.496 e. The molecular formula is C33H37NO8. The van der Waals surface area contributed by atoms with Crippen molar-refractivity contribution in [2.24, 2.45) is 5.41 Å². The van der Waals surface area contributed by atoms with Crippen LogP contribution in [0.1, 0.15) is 53.5 Å². The molecule has 0 heterocycles. The number of esters is 2. The predicted octanol–water partition coefficient (Wildman–Crippen LogP) is 5.12. The molecule has 0 radical (unpaired) electrons. The Labute approximate surface area is 245 Å².